The van der Waals surface area contributed by atoms with E-state index in [0.29, 0.717) is 17.9 Å². The summed E-state index contributed by atoms with van der Waals surface area (Å²) in [6.45, 7) is 20.1. The molecule has 3 heteroatoms. The largest absolute Gasteiger partial charge is 0.266 e. The summed E-state index contributed by atoms with van der Waals surface area (Å²) in [4.78, 5) is 0. The summed E-state index contributed by atoms with van der Waals surface area (Å²) >= 11 is 0. The SMILES string of the molecule is Cc1cc(C)c(-c2c(C(C)C)nn(C(C)C)c2C(C)C)c(C)c1.[Pd]. The zero-order valence-corrected chi connectivity index (χ0v) is 18.2. The molecule has 2 aromatic rings. The maximum absolute atomic E-state index is 5.03. The third-order valence-electron chi connectivity index (χ3n) is 4.48. The van der Waals surface area contributed by atoms with Crippen molar-refractivity contribution in [1.29, 1.82) is 0 Å². The van der Waals surface area contributed by atoms with Crippen LogP contribution in [0.2, 0.25) is 0 Å². The van der Waals surface area contributed by atoms with Gasteiger partial charge in [-0.2, -0.15) is 5.10 Å². The zero-order chi connectivity index (χ0) is 17.5. The van der Waals surface area contributed by atoms with E-state index in [1.807, 2.05) is 0 Å². The Bertz CT molecular complexity index is 686. The number of aromatic nitrogens is 2. The molecule has 0 atom stereocenters. The minimum absolute atomic E-state index is 0. The minimum atomic E-state index is 0. The van der Waals surface area contributed by atoms with E-state index in [1.165, 1.54) is 39.2 Å². The molecule has 0 aliphatic rings. The Morgan fingerprint density at radius 1 is 0.792 bits per heavy atom. The van der Waals surface area contributed by atoms with Gasteiger partial charge in [-0.15, -0.1) is 0 Å². The Labute approximate surface area is 161 Å². The Kier molecular flexibility index (Phi) is 7.03. The molecule has 24 heavy (non-hydrogen) atoms. The van der Waals surface area contributed by atoms with E-state index in [-0.39, 0.29) is 20.4 Å². The molecular weight excluding hydrogens is 387 g/mol. The quantitative estimate of drug-likeness (QED) is 0.532. The van der Waals surface area contributed by atoms with Crippen LogP contribution in [0.15, 0.2) is 12.1 Å². The van der Waals surface area contributed by atoms with Gasteiger partial charge in [-0.1, -0.05) is 45.4 Å². The van der Waals surface area contributed by atoms with Crippen LogP contribution >= 0.6 is 0 Å². The normalized spacial score (nSPS) is 11.5. The van der Waals surface area contributed by atoms with Crippen molar-refractivity contribution < 1.29 is 20.4 Å². The van der Waals surface area contributed by atoms with E-state index in [0.717, 1.165) is 0 Å². The van der Waals surface area contributed by atoms with Crippen LogP contribution in [0.1, 0.15) is 87.5 Å². The first-order valence-electron chi connectivity index (χ1n) is 8.85. The maximum atomic E-state index is 5.03. The minimum Gasteiger partial charge on any atom is -0.266 e. The van der Waals surface area contributed by atoms with Crippen molar-refractivity contribution in [2.45, 2.75) is 80.2 Å². The molecular formula is C21H32N2Pd. The van der Waals surface area contributed by atoms with Crippen LogP contribution in [0.25, 0.3) is 11.1 Å². The standard InChI is InChI=1S/C21H32N2.Pd/c1-12(2)20-19(18-16(8)10-15(7)11-17(18)9)21(13(3)4)23(22-20)14(5)6;/h10-14H,1-9H3;. The molecule has 1 heterocycles. The van der Waals surface area contributed by atoms with E-state index >= 15 is 0 Å². The van der Waals surface area contributed by atoms with Gasteiger partial charge in [-0.3, -0.25) is 4.68 Å². The second kappa shape index (κ2) is 7.98. The van der Waals surface area contributed by atoms with E-state index in [2.05, 4.69) is 79.1 Å². The molecule has 0 spiro atoms. The number of rotatable bonds is 4. The Hall–Kier alpha value is -0.908. The van der Waals surface area contributed by atoms with Gasteiger partial charge in [-0.25, -0.2) is 0 Å². The molecule has 0 saturated heterocycles. The summed E-state index contributed by atoms with van der Waals surface area (Å²) in [6.07, 6.45) is 0. The van der Waals surface area contributed by atoms with Gasteiger partial charge in [0.1, 0.15) is 0 Å². The van der Waals surface area contributed by atoms with Crippen LogP contribution in [0.3, 0.4) is 0 Å². The molecule has 1 aromatic heterocycles. The van der Waals surface area contributed by atoms with Crippen LogP contribution in [0.5, 0.6) is 0 Å². The Morgan fingerprint density at radius 3 is 1.67 bits per heavy atom. The fraction of sp³-hybridized carbons (Fsp3) is 0.571. The smallest absolute Gasteiger partial charge is 0.0731 e. The molecule has 2 rings (SSSR count). The predicted octanol–water partition coefficient (Wildman–Crippen LogP) is 6.30. The first-order chi connectivity index (χ1) is 10.6. The van der Waals surface area contributed by atoms with Gasteiger partial charge in [0.25, 0.3) is 0 Å². The predicted molar refractivity (Wildman–Crippen MR) is 100 cm³/mol. The fourth-order valence-electron chi connectivity index (χ4n) is 3.65. The topological polar surface area (TPSA) is 17.8 Å². The van der Waals surface area contributed by atoms with Crippen LogP contribution < -0.4 is 0 Å². The number of hydrogen-bond acceptors (Lipinski definition) is 1. The van der Waals surface area contributed by atoms with E-state index in [9.17, 15) is 0 Å². The third kappa shape index (κ3) is 3.84. The van der Waals surface area contributed by atoms with Crippen molar-refractivity contribution in [3.63, 3.8) is 0 Å². The van der Waals surface area contributed by atoms with Crippen LogP contribution in [-0.4, -0.2) is 9.78 Å². The van der Waals surface area contributed by atoms with E-state index in [4.69, 9.17) is 5.10 Å². The first-order valence-corrected chi connectivity index (χ1v) is 8.85. The summed E-state index contributed by atoms with van der Waals surface area (Å²) < 4.78 is 2.24. The molecule has 136 valence electrons. The van der Waals surface area contributed by atoms with Crippen molar-refractivity contribution in [2.24, 2.45) is 0 Å². The summed E-state index contributed by atoms with van der Waals surface area (Å²) in [7, 11) is 0. The second-order valence-corrected chi connectivity index (χ2v) is 7.77. The van der Waals surface area contributed by atoms with Gasteiger partial charge in [0.05, 0.1) is 5.69 Å². The molecule has 0 aliphatic heterocycles. The van der Waals surface area contributed by atoms with Crippen LogP contribution in [-0.2, 0) is 20.4 Å². The van der Waals surface area contributed by atoms with Gasteiger partial charge < -0.3 is 0 Å². The van der Waals surface area contributed by atoms with Crippen molar-refractivity contribution in [2.75, 3.05) is 0 Å². The maximum Gasteiger partial charge on any atom is 0.0731 e. The molecule has 0 aliphatic carbocycles. The molecule has 0 radical (unpaired) electrons. The Balaban J connectivity index is 0.00000288. The van der Waals surface area contributed by atoms with Crippen LogP contribution in [0, 0.1) is 20.8 Å². The number of hydrogen-bond donors (Lipinski definition) is 0. The molecule has 0 N–H and O–H groups in total. The molecule has 1 aromatic carbocycles. The molecule has 0 amide bonds. The Morgan fingerprint density at radius 2 is 1.29 bits per heavy atom. The second-order valence-electron chi connectivity index (χ2n) is 7.77. The van der Waals surface area contributed by atoms with Gasteiger partial charge >= 0.3 is 0 Å². The van der Waals surface area contributed by atoms with Crippen molar-refractivity contribution >= 4 is 0 Å². The van der Waals surface area contributed by atoms with Gasteiger partial charge in [-0.05, 0) is 63.1 Å². The van der Waals surface area contributed by atoms with Crippen molar-refractivity contribution in [1.82, 2.24) is 9.78 Å². The molecule has 0 bridgehead atoms. The summed E-state index contributed by atoms with van der Waals surface area (Å²) in [6, 6.07) is 4.97. The molecule has 0 unspecified atom stereocenters. The molecule has 2 nitrogen and oxygen atoms in total. The molecule has 0 fully saturated rings. The first kappa shape index (κ1) is 21.1. The van der Waals surface area contributed by atoms with Gasteiger partial charge in [0.2, 0.25) is 0 Å². The summed E-state index contributed by atoms with van der Waals surface area (Å²) in [5.74, 6) is 0.870. The number of benzene rings is 1. The summed E-state index contributed by atoms with van der Waals surface area (Å²) in [5, 5.41) is 5.03. The average Bonchev–Trinajstić information content (AvgIpc) is 2.78. The van der Waals surface area contributed by atoms with Gasteiger partial charge in [0, 0.05) is 37.7 Å². The van der Waals surface area contributed by atoms with Crippen LogP contribution in [0.4, 0.5) is 0 Å². The average molecular weight is 419 g/mol. The monoisotopic (exact) mass is 418 g/mol. The zero-order valence-electron chi connectivity index (χ0n) is 16.6. The van der Waals surface area contributed by atoms with Gasteiger partial charge in [0.15, 0.2) is 0 Å². The fourth-order valence-corrected chi connectivity index (χ4v) is 3.65. The van der Waals surface area contributed by atoms with E-state index in [1.54, 1.807) is 0 Å². The number of aryl methyl sites for hydroxylation is 3. The van der Waals surface area contributed by atoms with Crippen molar-refractivity contribution in [3.05, 3.63) is 40.2 Å². The van der Waals surface area contributed by atoms with E-state index < -0.39 is 0 Å². The van der Waals surface area contributed by atoms with Crippen molar-refractivity contribution in [3.8, 4) is 11.1 Å². The number of nitrogens with zero attached hydrogens (tertiary/aromatic N) is 2. The summed E-state index contributed by atoms with van der Waals surface area (Å²) in [5.41, 5.74) is 9.41. The third-order valence-corrected chi connectivity index (χ3v) is 4.48. The molecule has 0 saturated carbocycles.